The fourth-order valence-electron chi connectivity index (χ4n) is 4.17. The van der Waals surface area contributed by atoms with Gasteiger partial charge in [-0.1, -0.05) is 30.3 Å². The molecule has 0 saturated carbocycles. The number of hydrazone groups is 1. The molecule has 0 aliphatic rings. The molecule has 4 rings (SSSR count). The number of nitrogens with one attached hydrogen (secondary N) is 1. The quantitative estimate of drug-likeness (QED) is 0.190. The molecule has 0 unspecified atom stereocenters. The van der Waals surface area contributed by atoms with Gasteiger partial charge in [0.1, 0.15) is 4.90 Å². The Morgan fingerprint density at radius 1 is 0.921 bits per heavy atom. The Hall–Kier alpha value is -4.37. The van der Waals surface area contributed by atoms with Crippen molar-refractivity contribution in [1.29, 1.82) is 0 Å². The zero-order valence-electron chi connectivity index (χ0n) is 21.8. The smallest absolute Gasteiger partial charge is 0.339 e. The van der Waals surface area contributed by atoms with E-state index in [-0.39, 0.29) is 22.3 Å². The van der Waals surface area contributed by atoms with Crippen molar-refractivity contribution in [3.8, 4) is 17.2 Å². The van der Waals surface area contributed by atoms with Gasteiger partial charge in [0.25, 0.3) is 5.91 Å². The molecule has 0 atom stereocenters. The summed E-state index contributed by atoms with van der Waals surface area (Å²) in [5, 5.41) is 4.07. The highest BCUT2D eigenvalue weighted by Gasteiger charge is 2.22. The molecular weight excluding hydrogens is 502 g/mol. The first-order chi connectivity index (χ1) is 18.1. The fourth-order valence-corrected chi connectivity index (χ4v) is 5.42. The molecular formula is C29H29N3O5S. The highest BCUT2D eigenvalue weighted by molar-refractivity contribution is 7.87. The Labute approximate surface area is 222 Å². The maximum Gasteiger partial charge on any atom is 0.339 e. The first-order valence-corrected chi connectivity index (χ1v) is 13.3. The third-order valence-electron chi connectivity index (χ3n) is 6.07. The minimum absolute atomic E-state index is 0.0444. The number of rotatable bonds is 8. The number of para-hydroxylation sites is 1. The van der Waals surface area contributed by atoms with Crippen molar-refractivity contribution < 1.29 is 22.1 Å². The summed E-state index contributed by atoms with van der Waals surface area (Å²) in [6.07, 6.45) is 1.44. The van der Waals surface area contributed by atoms with E-state index in [0.717, 1.165) is 22.6 Å². The molecule has 4 aromatic rings. The van der Waals surface area contributed by atoms with Crippen LogP contribution in [0.15, 0.2) is 82.8 Å². The van der Waals surface area contributed by atoms with Crippen molar-refractivity contribution in [2.75, 3.05) is 7.11 Å². The molecule has 0 saturated heterocycles. The van der Waals surface area contributed by atoms with Crippen molar-refractivity contribution in [2.24, 2.45) is 5.10 Å². The van der Waals surface area contributed by atoms with E-state index in [4.69, 9.17) is 8.92 Å². The molecule has 9 heteroatoms. The van der Waals surface area contributed by atoms with Crippen LogP contribution >= 0.6 is 0 Å². The van der Waals surface area contributed by atoms with Gasteiger partial charge in [-0.05, 0) is 86.8 Å². The van der Waals surface area contributed by atoms with E-state index >= 15 is 0 Å². The number of benzene rings is 3. The number of aromatic nitrogens is 1. The molecule has 1 N–H and O–H groups in total. The van der Waals surface area contributed by atoms with E-state index in [0.29, 0.717) is 16.7 Å². The van der Waals surface area contributed by atoms with Crippen LogP contribution in [0.4, 0.5) is 0 Å². The molecule has 1 aromatic heterocycles. The molecule has 0 aliphatic heterocycles. The van der Waals surface area contributed by atoms with Gasteiger partial charge in [0, 0.05) is 17.1 Å². The number of hydrogen-bond donors (Lipinski definition) is 1. The van der Waals surface area contributed by atoms with Crippen molar-refractivity contribution in [1.82, 2.24) is 9.99 Å². The van der Waals surface area contributed by atoms with E-state index < -0.39 is 10.1 Å². The standard InChI is InChI=1S/C29H29N3O5S/c1-19-11-12-20(2)28(15-19)38(34,35)37-26-14-13-23(17-27(26)36-5)18-30-31-29(33)25-16-21(3)32(22(25)4)24-9-7-6-8-10-24/h6-18H,1-5H3,(H,31,33)/b30-18+. The second-order valence-corrected chi connectivity index (χ2v) is 10.4. The van der Waals surface area contributed by atoms with Crippen LogP contribution in [0.25, 0.3) is 5.69 Å². The summed E-state index contributed by atoms with van der Waals surface area (Å²) in [4.78, 5) is 12.9. The lowest BCUT2D eigenvalue weighted by molar-refractivity contribution is 0.0954. The maximum atomic E-state index is 12.9. The predicted octanol–water partition coefficient (Wildman–Crippen LogP) is 5.25. The number of carbonyl (C=O) groups is 1. The normalized spacial score (nSPS) is 11.5. The summed E-state index contributed by atoms with van der Waals surface area (Å²) in [6.45, 7) is 7.35. The van der Waals surface area contributed by atoms with Gasteiger partial charge in [0.05, 0.1) is 18.9 Å². The number of amides is 1. The molecule has 0 radical (unpaired) electrons. The molecule has 0 spiro atoms. The summed E-state index contributed by atoms with van der Waals surface area (Å²) < 4.78 is 38.6. The Kier molecular flexibility index (Phi) is 7.68. The largest absolute Gasteiger partial charge is 0.493 e. The Bertz CT molecular complexity index is 1620. The van der Waals surface area contributed by atoms with Gasteiger partial charge < -0.3 is 13.5 Å². The lowest BCUT2D eigenvalue weighted by atomic mass is 10.2. The lowest BCUT2D eigenvalue weighted by Gasteiger charge is -2.13. The number of aryl methyl sites for hydroxylation is 3. The molecule has 0 fully saturated rings. The van der Waals surface area contributed by atoms with E-state index in [1.807, 2.05) is 67.8 Å². The van der Waals surface area contributed by atoms with Crippen LogP contribution in [-0.4, -0.2) is 32.2 Å². The molecule has 1 amide bonds. The van der Waals surface area contributed by atoms with Crippen LogP contribution in [0.5, 0.6) is 11.5 Å². The number of methoxy groups -OCH3 is 1. The molecule has 38 heavy (non-hydrogen) atoms. The molecule has 0 bridgehead atoms. The van der Waals surface area contributed by atoms with Crippen LogP contribution in [0.3, 0.4) is 0 Å². The SMILES string of the molecule is COc1cc(/C=N/NC(=O)c2cc(C)n(-c3ccccc3)c2C)ccc1OS(=O)(=O)c1cc(C)ccc1C. The van der Waals surface area contributed by atoms with E-state index in [2.05, 4.69) is 10.5 Å². The van der Waals surface area contributed by atoms with E-state index in [1.54, 1.807) is 31.2 Å². The average Bonchev–Trinajstić information content (AvgIpc) is 3.20. The third-order valence-corrected chi connectivity index (χ3v) is 7.45. The van der Waals surface area contributed by atoms with Gasteiger partial charge in [-0.2, -0.15) is 13.5 Å². The van der Waals surface area contributed by atoms with Crippen LogP contribution in [0, 0.1) is 27.7 Å². The fraction of sp³-hybridized carbons (Fsp3) is 0.172. The minimum Gasteiger partial charge on any atom is -0.493 e. The molecule has 8 nitrogen and oxygen atoms in total. The average molecular weight is 532 g/mol. The summed E-state index contributed by atoms with van der Waals surface area (Å²) in [6, 6.07) is 21.4. The summed E-state index contributed by atoms with van der Waals surface area (Å²) >= 11 is 0. The van der Waals surface area contributed by atoms with Gasteiger partial charge in [0.15, 0.2) is 11.5 Å². The van der Waals surface area contributed by atoms with Crippen LogP contribution in [-0.2, 0) is 10.1 Å². The molecule has 0 aliphatic carbocycles. The summed E-state index contributed by atoms with van der Waals surface area (Å²) in [7, 11) is -2.65. The van der Waals surface area contributed by atoms with Gasteiger partial charge in [-0.15, -0.1) is 0 Å². The highest BCUT2D eigenvalue weighted by atomic mass is 32.2. The number of hydrogen-bond acceptors (Lipinski definition) is 6. The molecule has 196 valence electrons. The number of carbonyl (C=O) groups excluding carboxylic acids is 1. The van der Waals surface area contributed by atoms with Crippen LogP contribution in [0.2, 0.25) is 0 Å². The van der Waals surface area contributed by atoms with Gasteiger partial charge in [0.2, 0.25) is 0 Å². The first-order valence-electron chi connectivity index (χ1n) is 11.9. The van der Waals surface area contributed by atoms with Crippen LogP contribution in [0.1, 0.15) is 38.4 Å². The van der Waals surface area contributed by atoms with Crippen LogP contribution < -0.4 is 14.3 Å². The summed E-state index contributed by atoms with van der Waals surface area (Å²) in [5.74, 6) is -0.0911. The van der Waals surface area contributed by atoms with Gasteiger partial charge in [-0.25, -0.2) is 5.43 Å². The second-order valence-electron chi connectivity index (χ2n) is 8.87. The van der Waals surface area contributed by atoms with E-state index in [1.165, 1.54) is 19.4 Å². The summed E-state index contributed by atoms with van der Waals surface area (Å²) in [5.41, 5.74) is 7.73. The number of ether oxygens (including phenoxy) is 1. The Morgan fingerprint density at radius 2 is 1.66 bits per heavy atom. The van der Waals surface area contributed by atoms with Crippen molar-refractivity contribution in [2.45, 2.75) is 32.6 Å². The third kappa shape index (κ3) is 5.63. The van der Waals surface area contributed by atoms with Crippen molar-refractivity contribution >= 4 is 22.2 Å². The monoisotopic (exact) mass is 531 g/mol. The Balaban J connectivity index is 1.49. The second kappa shape index (κ2) is 10.9. The predicted molar refractivity (Wildman–Crippen MR) is 147 cm³/mol. The topological polar surface area (TPSA) is 99.0 Å². The lowest BCUT2D eigenvalue weighted by Crippen LogP contribution is -2.18. The Morgan fingerprint density at radius 3 is 2.37 bits per heavy atom. The molecule has 3 aromatic carbocycles. The van der Waals surface area contributed by atoms with Gasteiger partial charge >= 0.3 is 10.1 Å². The zero-order valence-corrected chi connectivity index (χ0v) is 22.7. The van der Waals surface area contributed by atoms with Crippen molar-refractivity contribution in [3.63, 3.8) is 0 Å². The molecule has 1 heterocycles. The zero-order chi connectivity index (χ0) is 27.4. The minimum atomic E-state index is -4.07. The maximum absolute atomic E-state index is 12.9. The highest BCUT2D eigenvalue weighted by Crippen LogP contribution is 2.31. The first kappa shape index (κ1) is 26.7. The van der Waals surface area contributed by atoms with Crippen molar-refractivity contribution in [3.05, 3.63) is 106 Å². The van der Waals surface area contributed by atoms with E-state index in [9.17, 15) is 13.2 Å². The van der Waals surface area contributed by atoms with Gasteiger partial charge in [-0.3, -0.25) is 4.79 Å². The number of nitrogens with zero attached hydrogens (tertiary/aromatic N) is 2.